The Hall–Kier alpha value is -2.14. The van der Waals surface area contributed by atoms with Crippen LogP contribution in [0.2, 0.25) is 0 Å². The molecule has 0 saturated heterocycles. The van der Waals surface area contributed by atoms with E-state index < -0.39 is 0 Å². The molecule has 0 aliphatic heterocycles. The highest BCUT2D eigenvalue weighted by Gasteiger charge is 2.17. The molecule has 144 valence electrons. The highest BCUT2D eigenvalue weighted by Crippen LogP contribution is 2.24. The number of hydrogen-bond donors (Lipinski definition) is 4. The SMILES string of the molecule is CC(C)C(CO)Nc1nc(NCc2cc(I)ccc2O)c2ncn(C)c2n1. The van der Waals surface area contributed by atoms with Crippen molar-refractivity contribution >= 4 is 45.5 Å². The van der Waals surface area contributed by atoms with Gasteiger partial charge in [0.05, 0.1) is 19.0 Å². The normalized spacial score (nSPS) is 12.5. The van der Waals surface area contributed by atoms with E-state index in [9.17, 15) is 10.2 Å². The van der Waals surface area contributed by atoms with E-state index in [1.54, 1.807) is 12.4 Å². The average Bonchev–Trinajstić information content (AvgIpc) is 3.01. The Labute approximate surface area is 171 Å². The standard InChI is InChI=1S/C18H23IN6O2/c1-10(2)13(8-26)22-18-23-16(15-17(24-18)25(3)9-21-15)20-7-11-6-12(19)4-5-14(11)27/h4-6,9-10,13,26-27H,7-8H2,1-3H3,(H2,20,22,23,24). The van der Waals surface area contributed by atoms with Crippen LogP contribution in [0.3, 0.4) is 0 Å². The monoisotopic (exact) mass is 482 g/mol. The number of anilines is 2. The van der Waals surface area contributed by atoms with Gasteiger partial charge in [0.1, 0.15) is 5.75 Å². The van der Waals surface area contributed by atoms with Crippen molar-refractivity contribution in [2.75, 3.05) is 17.2 Å². The molecule has 1 aromatic carbocycles. The van der Waals surface area contributed by atoms with Crippen LogP contribution in [0.15, 0.2) is 24.5 Å². The van der Waals surface area contributed by atoms with E-state index in [0.717, 1.165) is 9.13 Å². The van der Waals surface area contributed by atoms with Gasteiger partial charge in [-0.05, 0) is 46.7 Å². The molecular formula is C18H23IN6O2. The number of aromatic nitrogens is 4. The Morgan fingerprint density at radius 2 is 2.04 bits per heavy atom. The number of rotatable bonds is 7. The topological polar surface area (TPSA) is 108 Å². The fraction of sp³-hybridized carbons (Fsp3) is 0.389. The largest absolute Gasteiger partial charge is 0.508 e. The van der Waals surface area contributed by atoms with Crippen LogP contribution >= 0.6 is 22.6 Å². The second-order valence-corrected chi connectivity index (χ2v) is 7.97. The number of nitrogens with zero attached hydrogens (tertiary/aromatic N) is 4. The van der Waals surface area contributed by atoms with Crippen LogP contribution in [0.25, 0.3) is 11.2 Å². The van der Waals surface area contributed by atoms with Crippen LogP contribution in [0.4, 0.5) is 11.8 Å². The van der Waals surface area contributed by atoms with Crippen molar-refractivity contribution in [1.29, 1.82) is 0 Å². The number of aliphatic hydroxyl groups excluding tert-OH is 1. The van der Waals surface area contributed by atoms with Crippen molar-refractivity contribution in [3.05, 3.63) is 33.7 Å². The fourth-order valence-corrected chi connectivity index (χ4v) is 3.21. The number of imidazole rings is 1. The summed E-state index contributed by atoms with van der Waals surface area (Å²) in [5, 5.41) is 26.1. The first kappa shape index (κ1) is 19.6. The third kappa shape index (κ3) is 4.41. The van der Waals surface area contributed by atoms with Gasteiger partial charge in [-0.3, -0.25) is 0 Å². The lowest BCUT2D eigenvalue weighted by molar-refractivity contribution is 0.248. The fourth-order valence-electron chi connectivity index (χ4n) is 2.66. The molecule has 1 unspecified atom stereocenters. The number of halogens is 1. The van der Waals surface area contributed by atoms with Gasteiger partial charge in [0.25, 0.3) is 0 Å². The predicted molar refractivity (Wildman–Crippen MR) is 114 cm³/mol. The summed E-state index contributed by atoms with van der Waals surface area (Å²) in [6, 6.07) is 5.29. The molecule has 1 atom stereocenters. The molecule has 0 aliphatic carbocycles. The molecule has 9 heteroatoms. The second kappa shape index (κ2) is 8.26. The molecule has 0 spiro atoms. The van der Waals surface area contributed by atoms with Gasteiger partial charge in [0, 0.05) is 22.7 Å². The van der Waals surface area contributed by atoms with E-state index in [1.165, 1.54) is 0 Å². The molecule has 0 saturated carbocycles. The number of aromatic hydroxyl groups is 1. The van der Waals surface area contributed by atoms with Crippen LogP contribution in [0.5, 0.6) is 5.75 Å². The van der Waals surface area contributed by atoms with Gasteiger partial charge in [0.15, 0.2) is 17.0 Å². The second-order valence-electron chi connectivity index (χ2n) is 6.73. The third-order valence-electron chi connectivity index (χ3n) is 4.36. The summed E-state index contributed by atoms with van der Waals surface area (Å²) in [5.74, 6) is 1.45. The highest BCUT2D eigenvalue weighted by atomic mass is 127. The molecule has 0 radical (unpaired) electrons. The van der Waals surface area contributed by atoms with Crippen molar-refractivity contribution in [3.8, 4) is 5.75 Å². The average molecular weight is 482 g/mol. The zero-order valence-corrected chi connectivity index (χ0v) is 17.6. The smallest absolute Gasteiger partial charge is 0.227 e. The summed E-state index contributed by atoms with van der Waals surface area (Å²) in [5.41, 5.74) is 2.11. The van der Waals surface area contributed by atoms with Crippen LogP contribution in [-0.2, 0) is 13.6 Å². The van der Waals surface area contributed by atoms with E-state index in [4.69, 9.17) is 0 Å². The first-order chi connectivity index (χ1) is 12.9. The Bertz CT molecular complexity index is 943. The van der Waals surface area contributed by atoms with Crippen molar-refractivity contribution in [3.63, 3.8) is 0 Å². The number of aryl methyl sites for hydroxylation is 1. The van der Waals surface area contributed by atoms with Gasteiger partial charge in [-0.2, -0.15) is 9.97 Å². The molecule has 0 amide bonds. The molecule has 0 bridgehead atoms. The first-order valence-corrected chi connectivity index (χ1v) is 9.74. The minimum atomic E-state index is -0.150. The number of aliphatic hydroxyl groups is 1. The van der Waals surface area contributed by atoms with Gasteiger partial charge in [-0.1, -0.05) is 13.8 Å². The Balaban J connectivity index is 1.92. The maximum atomic E-state index is 10.1. The van der Waals surface area contributed by atoms with Gasteiger partial charge in [-0.25, -0.2) is 4.98 Å². The van der Waals surface area contributed by atoms with Gasteiger partial charge < -0.3 is 25.4 Å². The number of phenols is 1. The zero-order valence-electron chi connectivity index (χ0n) is 15.4. The maximum Gasteiger partial charge on any atom is 0.227 e. The lowest BCUT2D eigenvalue weighted by Crippen LogP contribution is -2.30. The molecule has 8 nitrogen and oxygen atoms in total. The van der Waals surface area contributed by atoms with E-state index in [-0.39, 0.29) is 24.3 Å². The van der Waals surface area contributed by atoms with Crippen molar-refractivity contribution in [1.82, 2.24) is 19.5 Å². The van der Waals surface area contributed by atoms with Crippen LogP contribution in [0, 0.1) is 9.49 Å². The van der Waals surface area contributed by atoms with Crippen LogP contribution in [-0.4, -0.2) is 42.4 Å². The summed E-state index contributed by atoms with van der Waals surface area (Å²) < 4.78 is 2.86. The molecule has 0 fully saturated rings. The zero-order chi connectivity index (χ0) is 19.6. The summed E-state index contributed by atoms with van der Waals surface area (Å²) >= 11 is 2.21. The molecule has 27 heavy (non-hydrogen) atoms. The number of nitrogens with one attached hydrogen (secondary N) is 2. The van der Waals surface area contributed by atoms with Gasteiger partial charge in [-0.15, -0.1) is 0 Å². The Kier molecular flexibility index (Phi) is 6.00. The lowest BCUT2D eigenvalue weighted by atomic mass is 10.1. The van der Waals surface area contributed by atoms with Crippen molar-refractivity contribution in [2.45, 2.75) is 26.4 Å². The molecule has 3 rings (SSSR count). The molecule has 4 N–H and O–H groups in total. The summed E-state index contributed by atoms with van der Waals surface area (Å²) in [4.78, 5) is 13.5. The minimum absolute atomic E-state index is 0.0104. The minimum Gasteiger partial charge on any atom is -0.508 e. The summed E-state index contributed by atoms with van der Waals surface area (Å²) in [6.07, 6.45) is 1.68. The van der Waals surface area contributed by atoms with E-state index in [0.29, 0.717) is 29.5 Å². The lowest BCUT2D eigenvalue weighted by Gasteiger charge is -2.20. The summed E-state index contributed by atoms with van der Waals surface area (Å²) in [6.45, 7) is 4.44. The number of phenolic OH excluding ortho intramolecular Hbond substituents is 1. The van der Waals surface area contributed by atoms with Crippen molar-refractivity contribution < 1.29 is 10.2 Å². The molecule has 3 aromatic rings. The Morgan fingerprint density at radius 3 is 2.74 bits per heavy atom. The van der Waals surface area contributed by atoms with Gasteiger partial charge in [0.2, 0.25) is 5.95 Å². The quantitative estimate of drug-likeness (QED) is 0.384. The number of benzene rings is 1. The van der Waals surface area contributed by atoms with Crippen LogP contribution in [0.1, 0.15) is 19.4 Å². The molecule has 2 aromatic heterocycles. The van der Waals surface area contributed by atoms with E-state index in [1.807, 2.05) is 37.6 Å². The third-order valence-corrected chi connectivity index (χ3v) is 5.03. The molecular weight excluding hydrogens is 459 g/mol. The predicted octanol–water partition coefficient (Wildman–Crippen LogP) is 2.71. The molecule has 2 heterocycles. The van der Waals surface area contributed by atoms with E-state index >= 15 is 0 Å². The number of hydrogen-bond acceptors (Lipinski definition) is 7. The van der Waals surface area contributed by atoms with Gasteiger partial charge >= 0.3 is 0 Å². The molecule has 0 aliphatic rings. The highest BCUT2D eigenvalue weighted by molar-refractivity contribution is 14.1. The van der Waals surface area contributed by atoms with Crippen LogP contribution < -0.4 is 10.6 Å². The van der Waals surface area contributed by atoms with Crippen molar-refractivity contribution in [2.24, 2.45) is 13.0 Å². The first-order valence-electron chi connectivity index (χ1n) is 8.66. The maximum absolute atomic E-state index is 10.1. The summed E-state index contributed by atoms with van der Waals surface area (Å²) in [7, 11) is 1.87. The van der Waals surface area contributed by atoms with E-state index in [2.05, 4.69) is 48.2 Å². The number of fused-ring (bicyclic) bond motifs is 1. The Morgan fingerprint density at radius 1 is 1.26 bits per heavy atom.